The Labute approximate surface area is 171 Å². The Hall–Kier alpha value is -3.75. The first kappa shape index (κ1) is 21.0. The lowest BCUT2D eigenvalue weighted by Crippen LogP contribution is -2.33. The van der Waals surface area contributed by atoms with Gasteiger partial charge in [0, 0.05) is 6.04 Å². The third kappa shape index (κ3) is 5.87. The average molecular weight is 413 g/mol. The maximum Gasteiger partial charge on any atom is 0.325 e. The van der Waals surface area contributed by atoms with Gasteiger partial charge in [-0.05, 0) is 37.1 Å². The number of hydrogen-bond acceptors (Lipinski definition) is 5. The highest BCUT2D eigenvalue weighted by molar-refractivity contribution is 6.04. The number of benzene rings is 2. The Morgan fingerprint density at radius 1 is 0.933 bits per heavy atom. The standard InChI is InChI=1S/C21H20FN3O5/c22-16-7-3-1-5-14(16)20(28)23-11-19(27)30-12-18(26)25-17-8-4-2-6-15(17)21(29)24-13-9-10-13/h1-8,13H,9-12H2,(H,23,28)(H,24,29)(H,25,26). The number of rotatable bonds is 8. The number of esters is 1. The van der Waals surface area contributed by atoms with Crippen molar-refractivity contribution in [3.8, 4) is 0 Å². The number of para-hydroxylation sites is 1. The van der Waals surface area contributed by atoms with E-state index in [4.69, 9.17) is 4.74 Å². The minimum atomic E-state index is -0.866. The number of halogens is 1. The Morgan fingerprint density at radius 3 is 2.30 bits per heavy atom. The molecule has 1 saturated carbocycles. The van der Waals surface area contributed by atoms with Gasteiger partial charge in [0.1, 0.15) is 12.4 Å². The van der Waals surface area contributed by atoms with Crippen molar-refractivity contribution in [3.05, 3.63) is 65.5 Å². The molecular weight excluding hydrogens is 393 g/mol. The van der Waals surface area contributed by atoms with E-state index in [0.717, 1.165) is 18.9 Å². The van der Waals surface area contributed by atoms with Crippen LogP contribution in [0.25, 0.3) is 0 Å². The van der Waals surface area contributed by atoms with Gasteiger partial charge in [-0.1, -0.05) is 24.3 Å². The lowest BCUT2D eigenvalue weighted by molar-refractivity contribution is -0.146. The van der Waals surface area contributed by atoms with Gasteiger partial charge in [-0.15, -0.1) is 0 Å². The zero-order valence-electron chi connectivity index (χ0n) is 15.9. The van der Waals surface area contributed by atoms with Crippen molar-refractivity contribution < 1.29 is 28.3 Å². The number of carbonyl (C=O) groups is 4. The Morgan fingerprint density at radius 2 is 1.60 bits per heavy atom. The summed E-state index contributed by atoms with van der Waals surface area (Å²) in [6.07, 6.45) is 1.87. The van der Waals surface area contributed by atoms with Crippen LogP contribution in [-0.2, 0) is 14.3 Å². The first-order valence-corrected chi connectivity index (χ1v) is 9.32. The van der Waals surface area contributed by atoms with Gasteiger partial charge in [-0.25, -0.2) is 4.39 Å². The number of anilines is 1. The third-order valence-corrected chi connectivity index (χ3v) is 4.23. The topological polar surface area (TPSA) is 114 Å². The predicted molar refractivity (Wildman–Crippen MR) is 105 cm³/mol. The fraction of sp³-hybridized carbons (Fsp3) is 0.238. The van der Waals surface area contributed by atoms with Crippen LogP contribution in [0.4, 0.5) is 10.1 Å². The van der Waals surface area contributed by atoms with Gasteiger partial charge in [0.05, 0.1) is 16.8 Å². The van der Waals surface area contributed by atoms with Crippen LogP contribution in [0.5, 0.6) is 0 Å². The Bertz CT molecular complexity index is 975. The van der Waals surface area contributed by atoms with Crippen molar-refractivity contribution in [3.63, 3.8) is 0 Å². The van der Waals surface area contributed by atoms with Crippen molar-refractivity contribution in [2.24, 2.45) is 0 Å². The summed E-state index contributed by atoms with van der Waals surface area (Å²) >= 11 is 0. The maximum absolute atomic E-state index is 13.5. The van der Waals surface area contributed by atoms with Gasteiger partial charge in [0.2, 0.25) is 0 Å². The maximum atomic E-state index is 13.5. The second kappa shape index (κ2) is 9.64. The largest absolute Gasteiger partial charge is 0.454 e. The van der Waals surface area contributed by atoms with Crippen LogP contribution < -0.4 is 16.0 Å². The average Bonchev–Trinajstić information content (AvgIpc) is 3.55. The molecule has 0 spiro atoms. The number of hydrogen-bond donors (Lipinski definition) is 3. The molecule has 0 heterocycles. The highest BCUT2D eigenvalue weighted by atomic mass is 19.1. The van der Waals surface area contributed by atoms with Crippen LogP contribution in [0.3, 0.4) is 0 Å². The second-order valence-corrected chi connectivity index (χ2v) is 6.66. The zero-order valence-corrected chi connectivity index (χ0v) is 15.9. The van der Waals surface area contributed by atoms with E-state index < -0.39 is 36.8 Å². The van der Waals surface area contributed by atoms with Crippen LogP contribution in [0.15, 0.2) is 48.5 Å². The lowest BCUT2D eigenvalue weighted by atomic mass is 10.1. The molecule has 0 saturated heterocycles. The van der Waals surface area contributed by atoms with E-state index in [1.54, 1.807) is 24.3 Å². The minimum Gasteiger partial charge on any atom is -0.454 e. The molecule has 1 fully saturated rings. The van der Waals surface area contributed by atoms with Gasteiger partial charge in [0.25, 0.3) is 17.7 Å². The Balaban J connectivity index is 1.45. The molecular formula is C21H20FN3O5. The molecule has 0 bridgehead atoms. The number of amides is 3. The minimum absolute atomic E-state index is 0.168. The van der Waals surface area contributed by atoms with Gasteiger partial charge < -0.3 is 20.7 Å². The zero-order chi connectivity index (χ0) is 21.5. The first-order chi connectivity index (χ1) is 14.4. The van der Waals surface area contributed by atoms with E-state index in [9.17, 15) is 23.6 Å². The molecule has 0 unspecified atom stereocenters. The molecule has 3 rings (SSSR count). The van der Waals surface area contributed by atoms with Gasteiger partial charge in [0.15, 0.2) is 6.61 Å². The van der Waals surface area contributed by atoms with Crippen molar-refractivity contribution in [2.45, 2.75) is 18.9 Å². The smallest absolute Gasteiger partial charge is 0.325 e. The van der Waals surface area contributed by atoms with Gasteiger partial charge in [-0.3, -0.25) is 19.2 Å². The van der Waals surface area contributed by atoms with Gasteiger partial charge in [-0.2, -0.15) is 0 Å². The normalized spacial score (nSPS) is 12.6. The van der Waals surface area contributed by atoms with E-state index in [2.05, 4.69) is 16.0 Å². The summed E-state index contributed by atoms with van der Waals surface area (Å²) in [5.74, 6) is -3.29. The molecule has 30 heavy (non-hydrogen) atoms. The van der Waals surface area contributed by atoms with E-state index in [1.807, 2.05) is 0 Å². The fourth-order valence-corrected chi connectivity index (χ4v) is 2.56. The second-order valence-electron chi connectivity index (χ2n) is 6.66. The number of carbonyl (C=O) groups excluding carboxylic acids is 4. The van der Waals surface area contributed by atoms with Crippen molar-refractivity contribution in [1.82, 2.24) is 10.6 Å². The molecule has 1 aliphatic rings. The summed E-state index contributed by atoms with van der Waals surface area (Å²) in [4.78, 5) is 47.9. The van der Waals surface area contributed by atoms with Crippen LogP contribution in [0.1, 0.15) is 33.6 Å². The van der Waals surface area contributed by atoms with Gasteiger partial charge >= 0.3 is 5.97 Å². The molecule has 156 valence electrons. The third-order valence-electron chi connectivity index (χ3n) is 4.23. The summed E-state index contributed by atoms with van der Waals surface area (Å²) < 4.78 is 18.3. The number of nitrogens with one attached hydrogen (secondary N) is 3. The van der Waals surface area contributed by atoms with E-state index >= 15 is 0 Å². The molecule has 0 aromatic heterocycles. The fourth-order valence-electron chi connectivity index (χ4n) is 2.56. The molecule has 9 heteroatoms. The molecule has 3 N–H and O–H groups in total. The summed E-state index contributed by atoms with van der Waals surface area (Å²) in [7, 11) is 0. The van der Waals surface area contributed by atoms with Crippen LogP contribution in [0.2, 0.25) is 0 Å². The monoisotopic (exact) mass is 413 g/mol. The quantitative estimate of drug-likeness (QED) is 0.570. The summed E-state index contributed by atoms with van der Waals surface area (Å²) in [6, 6.07) is 12.0. The van der Waals surface area contributed by atoms with Crippen molar-refractivity contribution >= 4 is 29.4 Å². The highest BCUT2D eigenvalue weighted by Gasteiger charge is 2.25. The lowest BCUT2D eigenvalue weighted by Gasteiger charge is -2.11. The summed E-state index contributed by atoms with van der Waals surface area (Å²) in [5.41, 5.74) is 0.398. The summed E-state index contributed by atoms with van der Waals surface area (Å²) in [5, 5.41) is 7.58. The van der Waals surface area contributed by atoms with Crippen LogP contribution in [0, 0.1) is 5.82 Å². The molecule has 2 aromatic carbocycles. The van der Waals surface area contributed by atoms with Crippen molar-refractivity contribution in [2.75, 3.05) is 18.5 Å². The molecule has 0 atom stereocenters. The van der Waals surface area contributed by atoms with Crippen LogP contribution in [-0.4, -0.2) is 42.9 Å². The summed E-state index contributed by atoms with van der Waals surface area (Å²) in [6.45, 7) is -1.13. The molecule has 2 aromatic rings. The van der Waals surface area contributed by atoms with E-state index in [-0.39, 0.29) is 17.5 Å². The molecule has 8 nitrogen and oxygen atoms in total. The predicted octanol–water partition coefficient (Wildman–Crippen LogP) is 1.63. The molecule has 3 amide bonds. The number of ether oxygens (including phenoxy) is 1. The molecule has 0 aliphatic heterocycles. The molecule has 0 radical (unpaired) electrons. The SMILES string of the molecule is O=C(COC(=O)CNC(=O)c1ccccc1F)Nc1ccccc1C(=O)NC1CC1. The first-order valence-electron chi connectivity index (χ1n) is 9.32. The highest BCUT2D eigenvalue weighted by Crippen LogP contribution is 2.21. The van der Waals surface area contributed by atoms with E-state index in [0.29, 0.717) is 11.3 Å². The Kier molecular flexibility index (Phi) is 6.74. The molecule has 1 aliphatic carbocycles. The van der Waals surface area contributed by atoms with Crippen LogP contribution >= 0.6 is 0 Å². The van der Waals surface area contributed by atoms with Crippen molar-refractivity contribution in [1.29, 1.82) is 0 Å². The van der Waals surface area contributed by atoms with E-state index in [1.165, 1.54) is 18.2 Å².